The van der Waals surface area contributed by atoms with Gasteiger partial charge in [-0.05, 0) is 63.8 Å². The molecule has 2 N–H and O–H groups in total. The number of nitrogens with zero attached hydrogens (tertiary/aromatic N) is 1. The van der Waals surface area contributed by atoms with E-state index in [1.165, 1.54) is 6.07 Å². The number of alkyl carbamates (subject to hydrolysis) is 1. The third-order valence-electron chi connectivity index (χ3n) is 5.09. The van der Waals surface area contributed by atoms with E-state index >= 15 is 0 Å². The Morgan fingerprint density at radius 3 is 2.18 bits per heavy atom. The van der Waals surface area contributed by atoms with E-state index in [0.29, 0.717) is 5.56 Å². The van der Waals surface area contributed by atoms with Crippen molar-refractivity contribution < 1.29 is 18.7 Å². The van der Waals surface area contributed by atoms with Crippen molar-refractivity contribution in [1.82, 2.24) is 10.2 Å². The van der Waals surface area contributed by atoms with Crippen molar-refractivity contribution in [1.29, 1.82) is 0 Å². The molecule has 0 spiro atoms. The van der Waals surface area contributed by atoms with E-state index in [2.05, 4.69) is 10.6 Å². The zero-order valence-corrected chi connectivity index (χ0v) is 20.1. The lowest BCUT2D eigenvalue weighted by Crippen LogP contribution is -2.43. The van der Waals surface area contributed by atoms with Crippen molar-refractivity contribution in [3.05, 3.63) is 66.0 Å². The van der Waals surface area contributed by atoms with Crippen LogP contribution in [0, 0.1) is 5.82 Å². The molecule has 33 heavy (non-hydrogen) atoms. The molecule has 0 saturated carbocycles. The average Bonchev–Trinajstić information content (AvgIpc) is 3.30. The second kappa shape index (κ2) is 12.8. The van der Waals surface area contributed by atoms with Gasteiger partial charge in [0.1, 0.15) is 11.4 Å². The fourth-order valence-electron chi connectivity index (χ4n) is 3.49. The molecule has 2 amide bonds. The first-order chi connectivity index (χ1) is 15.7. The summed E-state index contributed by atoms with van der Waals surface area (Å²) in [5.41, 5.74) is 0.997. The van der Waals surface area contributed by atoms with Crippen molar-refractivity contribution in [2.45, 2.75) is 58.1 Å². The highest BCUT2D eigenvalue weighted by Gasteiger charge is 2.25. The quantitative estimate of drug-likeness (QED) is 0.640. The third-order valence-corrected chi connectivity index (χ3v) is 5.09. The summed E-state index contributed by atoms with van der Waals surface area (Å²) in [4.78, 5) is 26.3. The number of carbonyl (C=O) groups is 2. The maximum Gasteiger partial charge on any atom is 0.407 e. The molecule has 1 unspecified atom stereocenters. The van der Waals surface area contributed by atoms with Gasteiger partial charge in [-0.3, -0.25) is 4.79 Å². The lowest BCUT2D eigenvalue weighted by Gasteiger charge is -2.25. The van der Waals surface area contributed by atoms with Crippen molar-refractivity contribution in [3.63, 3.8) is 0 Å². The number of hydrogen-bond donors (Lipinski definition) is 2. The molecule has 7 heteroatoms. The minimum absolute atomic E-state index is 0.0186. The molecule has 1 aliphatic heterocycles. The molecule has 1 heterocycles. The van der Waals surface area contributed by atoms with Gasteiger partial charge in [0.05, 0.1) is 0 Å². The average molecular weight is 458 g/mol. The van der Waals surface area contributed by atoms with Gasteiger partial charge in [0.25, 0.3) is 0 Å². The molecule has 180 valence electrons. The van der Waals surface area contributed by atoms with Crippen molar-refractivity contribution in [2.75, 3.05) is 25.5 Å². The summed E-state index contributed by atoms with van der Waals surface area (Å²) in [6.07, 6.45) is 1.79. The molecule has 3 rings (SSSR count). The Balaban J connectivity index is 0.000000405. The Bertz CT molecular complexity index is 878. The van der Waals surface area contributed by atoms with E-state index in [1.54, 1.807) is 43.9 Å². The molecule has 0 aromatic heterocycles. The van der Waals surface area contributed by atoms with Crippen LogP contribution >= 0.6 is 0 Å². The third kappa shape index (κ3) is 9.93. The fraction of sp³-hybridized carbons (Fsp3) is 0.462. The first-order valence-corrected chi connectivity index (χ1v) is 11.4. The Morgan fingerprint density at radius 1 is 1.03 bits per heavy atom. The summed E-state index contributed by atoms with van der Waals surface area (Å²) in [7, 11) is 1.91. The molecule has 6 nitrogen and oxygen atoms in total. The molecule has 1 fully saturated rings. The van der Waals surface area contributed by atoms with Crippen molar-refractivity contribution >= 4 is 17.7 Å². The van der Waals surface area contributed by atoms with E-state index in [4.69, 9.17) is 4.74 Å². The highest BCUT2D eigenvalue weighted by atomic mass is 19.1. The highest BCUT2D eigenvalue weighted by Crippen LogP contribution is 2.15. The predicted molar refractivity (Wildman–Crippen MR) is 130 cm³/mol. The van der Waals surface area contributed by atoms with Gasteiger partial charge in [-0.2, -0.15) is 0 Å². The molecule has 0 aliphatic carbocycles. The van der Waals surface area contributed by atoms with E-state index < -0.39 is 17.7 Å². The van der Waals surface area contributed by atoms with Crippen LogP contribution in [0.4, 0.5) is 14.9 Å². The van der Waals surface area contributed by atoms with Gasteiger partial charge in [-0.25, -0.2) is 9.18 Å². The minimum atomic E-state index is -0.633. The Morgan fingerprint density at radius 2 is 1.64 bits per heavy atom. The summed E-state index contributed by atoms with van der Waals surface area (Å²) in [6.45, 7) is 6.81. The van der Waals surface area contributed by atoms with Crippen LogP contribution in [0.3, 0.4) is 0 Å². The number of rotatable bonds is 6. The van der Waals surface area contributed by atoms with Gasteiger partial charge in [-0.15, -0.1) is 0 Å². The van der Waals surface area contributed by atoms with E-state index in [9.17, 15) is 14.0 Å². The number of nitrogens with one attached hydrogen (secondary N) is 2. The molecule has 1 aliphatic rings. The topological polar surface area (TPSA) is 70.7 Å². The predicted octanol–water partition coefficient (Wildman–Crippen LogP) is 5.00. The molecule has 1 saturated heterocycles. The number of benzene rings is 2. The van der Waals surface area contributed by atoms with Crippen LogP contribution in [0.2, 0.25) is 0 Å². The Kier molecular flexibility index (Phi) is 10.2. The van der Waals surface area contributed by atoms with Crippen molar-refractivity contribution in [3.8, 4) is 0 Å². The maximum absolute atomic E-state index is 14.0. The molecule has 2 aromatic carbocycles. The van der Waals surface area contributed by atoms with Gasteiger partial charge >= 0.3 is 6.09 Å². The SMILES string of the molecule is CC(C)(C)OC(=O)NC(CC(=O)N1CCCC1)Cc1ccccc1F.CNc1ccccc1. The van der Waals surface area contributed by atoms with Gasteiger partial charge in [0, 0.05) is 38.3 Å². The van der Waals surface area contributed by atoms with Crippen LogP contribution in [-0.4, -0.2) is 48.7 Å². The molecule has 2 aromatic rings. The van der Waals surface area contributed by atoms with Gasteiger partial charge in [0.15, 0.2) is 0 Å². The van der Waals surface area contributed by atoms with Gasteiger partial charge in [0.2, 0.25) is 5.91 Å². The number of hydrogen-bond acceptors (Lipinski definition) is 4. The highest BCUT2D eigenvalue weighted by molar-refractivity contribution is 5.78. The van der Waals surface area contributed by atoms with E-state index in [-0.39, 0.29) is 24.6 Å². The maximum atomic E-state index is 14.0. The summed E-state index contributed by atoms with van der Waals surface area (Å²) in [5, 5.41) is 5.76. The standard InChI is InChI=1S/C19H27FN2O3.C7H9N/c1-19(2,3)25-18(24)21-15(12-14-8-4-5-9-16(14)20)13-17(23)22-10-6-7-11-22;1-8-7-5-3-2-4-6-7/h4-5,8-9,15H,6-7,10-13H2,1-3H3,(H,21,24);2-6,8H,1H3. The van der Waals surface area contributed by atoms with Gasteiger partial charge < -0.3 is 20.3 Å². The monoisotopic (exact) mass is 457 g/mol. The lowest BCUT2D eigenvalue weighted by atomic mass is 10.0. The molecular formula is C26H36FN3O3. The second-order valence-corrected chi connectivity index (χ2v) is 9.05. The first-order valence-electron chi connectivity index (χ1n) is 11.4. The zero-order chi connectivity index (χ0) is 24.3. The van der Waals surface area contributed by atoms with E-state index in [0.717, 1.165) is 31.6 Å². The minimum Gasteiger partial charge on any atom is -0.444 e. The molecular weight excluding hydrogens is 421 g/mol. The normalized spacial score (nSPS) is 14.0. The number of likely N-dealkylation sites (tertiary alicyclic amines) is 1. The zero-order valence-electron chi connectivity index (χ0n) is 20.1. The number of ether oxygens (including phenoxy) is 1. The smallest absolute Gasteiger partial charge is 0.407 e. The Hall–Kier alpha value is -3.09. The number of para-hydroxylation sites is 1. The van der Waals surface area contributed by atoms with E-state index in [1.807, 2.05) is 37.4 Å². The lowest BCUT2D eigenvalue weighted by molar-refractivity contribution is -0.130. The summed E-state index contributed by atoms with van der Waals surface area (Å²) in [5.74, 6) is -0.359. The largest absolute Gasteiger partial charge is 0.444 e. The molecule has 1 atom stereocenters. The van der Waals surface area contributed by atoms with Crippen molar-refractivity contribution in [2.24, 2.45) is 0 Å². The van der Waals surface area contributed by atoms with Crippen LogP contribution in [0.5, 0.6) is 0 Å². The second-order valence-electron chi connectivity index (χ2n) is 9.05. The Labute approximate surface area is 196 Å². The fourth-order valence-corrected chi connectivity index (χ4v) is 3.49. The summed E-state index contributed by atoms with van der Waals surface area (Å²) >= 11 is 0. The number of amides is 2. The summed E-state index contributed by atoms with van der Waals surface area (Å²) in [6, 6.07) is 16.0. The number of halogens is 1. The van der Waals surface area contributed by atoms with Crippen LogP contribution in [0.15, 0.2) is 54.6 Å². The number of anilines is 1. The summed E-state index contributed by atoms with van der Waals surface area (Å²) < 4.78 is 19.2. The number of carbonyl (C=O) groups excluding carboxylic acids is 2. The first kappa shape index (κ1) is 26.2. The van der Waals surface area contributed by atoms with Crippen LogP contribution in [-0.2, 0) is 16.0 Å². The van der Waals surface area contributed by atoms with Crippen LogP contribution < -0.4 is 10.6 Å². The molecule has 0 bridgehead atoms. The van der Waals surface area contributed by atoms with Gasteiger partial charge in [-0.1, -0.05) is 36.4 Å². The molecule has 0 radical (unpaired) electrons. The van der Waals surface area contributed by atoms with Crippen LogP contribution in [0.1, 0.15) is 45.6 Å². The van der Waals surface area contributed by atoms with Crippen LogP contribution in [0.25, 0.3) is 0 Å².